The van der Waals surface area contributed by atoms with E-state index in [1.165, 1.54) is 32.1 Å². The van der Waals surface area contributed by atoms with Crippen LogP contribution in [0.5, 0.6) is 0 Å². The number of ether oxygens (including phenoxy) is 1. The summed E-state index contributed by atoms with van der Waals surface area (Å²) in [6, 6.07) is 0.286. The van der Waals surface area contributed by atoms with E-state index < -0.39 is 0 Å². The first-order valence-corrected chi connectivity index (χ1v) is 8.33. The molecule has 2 rings (SSSR count). The monoisotopic (exact) mass is 282 g/mol. The number of rotatable bonds is 6. The molecule has 0 spiro atoms. The lowest BCUT2D eigenvalue weighted by molar-refractivity contribution is -0.122. The fraction of sp³-hybridized carbons (Fsp3) is 0.938. The van der Waals surface area contributed by atoms with Crippen molar-refractivity contribution < 1.29 is 9.53 Å². The molecule has 1 aliphatic heterocycles. The lowest BCUT2D eigenvalue weighted by Crippen LogP contribution is -2.40. The van der Waals surface area contributed by atoms with E-state index >= 15 is 0 Å². The maximum atomic E-state index is 12.0. The van der Waals surface area contributed by atoms with Crippen LogP contribution in [0.4, 0.5) is 0 Å². The summed E-state index contributed by atoms with van der Waals surface area (Å²) >= 11 is 0. The topological polar surface area (TPSA) is 41.6 Å². The van der Waals surface area contributed by atoms with E-state index in [0.717, 1.165) is 45.7 Å². The first kappa shape index (κ1) is 15.8. The lowest BCUT2D eigenvalue weighted by Gasteiger charge is -2.28. The summed E-state index contributed by atoms with van der Waals surface area (Å²) in [6.07, 6.45) is 8.24. The molecular formula is C16H30N2O2. The van der Waals surface area contributed by atoms with Crippen LogP contribution in [-0.2, 0) is 9.53 Å². The highest BCUT2D eigenvalue weighted by atomic mass is 16.5. The number of nitrogens with zero attached hydrogens (tertiary/aromatic N) is 1. The largest absolute Gasteiger partial charge is 0.379 e. The zero-order valence-electron chi connectivity index (χ0n) is 12.9. The highest BCUT2D eigenvalue weighted by Gasteiger charge is 2.18. The van der Waals surface area contributed by atoms with Crippen molar-refractivity contribution in [2.45, 2.75) is 57.9 Å². The van der Waals surface area contributed by atoms with E-state index in [1.54, 1.807) is 0 Å². The molecule has 1 amide bonds. The molecule has 0 bridgehead atoms. The van der Waals surface area contributed by atoms with Gasteiger partial charge in [0.05, 0.1) is 13.2 Å². The summed E-state index contributed by atoms with van der Waals surface area (Å²) in [5.74, 6) is 0.890. The van der Waals surface area contributed by atoms with Gasteiger partial charge in [0.2, 0.25) is 5.91 Å². The summed E-state index contributed by atoms with van der Waals surface area (Å²) < 4.78 is 5.34. The van der Waals surface area contributed by atoms with Gasteiger partial charge in [-0.15, -0.1) is 0 Å². The first-order chi connectivity index (χ1) is 9.74. The maximum absolute atomic E-state index is 12.0. The van der Waals surface area contributed by atoms with Crippen LogP contribution in [0.2, 0.25) is 0 Å². The van der Waals surface area contributed by atoms with E-state index in [4.69, 9.17) is 4.74 Å². The summed E-state index contributed by atoms with van der Waals surface area (Å²) in [5, 5.41) is 3.17. The quantitative estimate of drug-likeness (QED) is 0.812. The Morgan fingerprint density at radius 1 is 1.25 bits per heavy atom. The Morgan fingerprint density at radius 2 is 1.95 bits per heavy atom. The third-order valence-corrected chi connectivity index (χ3v) is 4.59. The van der Waals surface area contributed by atoms with Gasteiger partial charge in [-0.05, 0) is 32.1 Å². The summed E-state index contributed by atoms with van der Waals surface area (Å²) in [4.78, 5) is 14.5. The smallest absolute Gasteiger partial charge is 0.220 e. The van der Waals surface area contributed by atoms with Crippen molar-refractivity contribution in [1.82, 2.24) is 10.2 Å². The highest BCUT2D eigenvalue weighted by Crippen LogP contribution is 2.26. The molecular weight excluding hydrogens is 252 g/mol. The van der Waals surface area contributed by atoms with Crippen LogP contribution in [0.1, 0.15) is 51.9 Å². The number of hydrogen-bond donors (Lipinski definition) is 1. The van der Waals surface area contributed by atoms with Crippen LogP contribution in [0.25, 0.3) is 0 Å². The van der Waals surface area contributed by atoms with Gasteiger partial charge in [0.1, 0.15) is 0 Å². The van der Waals surface area contributed by atoms with Gasteiger partial charge < -0.3 is 10.1 Å². The molecule has 1 atom stereocenters. The molecule has 0 radical (unpaired) electrons. The van der Waals surface area contributed by atoms with Gasteiger partial charge >= 0.3 is 0 Å². The van der Waals surface area contributed by atoms with Crippen LogP contribution in [-0.4, -0.2) is 49.7 Å². The fourth-order valence-corrected chi connectivity index (χ4v) is 3.26. The number of morpholine rings is 1. The molecule has 0 aromatic rings. The van der Waals surface area contributed by atoms with Crippen LogP contribution < -0.4 is 5.32 Å². The molecule has 2 aliphatic rings. The van der Waals surface area contributed by atoms with Crippen LogP contribution in [0.3, 0.4) is 0 Å². The van der Waals surface area contributed by atoms with Crippen molar-refractivity contribution in [3.8, 4) is 0 Å². The summed E-state index contributed by atoms with van der Waals surface area (Å²) in [6.45, 7) is 6.95. The van der Waals surface area contributed by atoms with Crippen molar-refractivity contribution in [3.05, 3.63) is 0 Å². The van der Waals surface area contributed by atoms with E-state index in [0.29, 0.717) is 5.92 Å². The predicted octanol–water partition coefficient (Wildman–Crippen LogP) is 2.18. The molecule has 20 heavy (non-hydrogen) atoms. The Bertz CT molecular complexity index is 284. The normalized spacial score (nSPS) is 23.4. The minimum absolute atomic E-state index is 0.256. The van der Waals surface area contributed by atoms with Crippen molar-refractivity contribution in [2.24, 2.45) is 5.92 Å². The minimum atomic E-state index is 0.256. The molecule has 116 valence electrons. The zero-order valence-corrected chi connectivity index (χ0v) is 12.9. The van der Waals surface area contributed by atoms with Crippen molar-refractivity contribution in [3.63, 3.8) is 0 Å². The standard InChI is InChI=1S/C16H30N2O2/c1-14(7-8-18-9-11-20-12-10-18)17-16(19)13-15-5-3-2-4-6-15/h14-15H,2-13H2,1H3,(H,17,19). The number of hydrogen-bond acceptors (Lipinski definition) is 3. The second kappa shape index (κ2) is 8.63. The van der Waals surface area contributed by atoms with Gasteiger partial charge in [0, 0.05) is 32.1 Å². The molecule has 1 heterocycles. The number of carbonyl (C=O) groups is 1. The van der Waals surface area contributed by atoms with Crippen LogP contribution >= 0.6 is 0 Å². The van der Waals surface area contributed by atoms with Gasteiger partial charge in [-0.2, -0.15) is 0 Å². The Hall–Kier alpha value is -0.610. The summed E-state index contributed by atoms with van der Waals surface area (Å²) in [5.41, 5.74) is 0. The Balaban J connectivity index is 1.57. The zero-order chi connectivity index (χ0) is 14.2. The maximum Gasteiger partial charge on any atom is 0.220 e. The molecule has 1 N–H and O–H groups in total. The van der Waals surface area contributed by atoms with Crippen molar-refractivity contribution in [1.29, 1.82) is 0 Å². The molecule has 1 aliphatic carbocycles. The van der Waals surface area contributed by atoms with E-state index in [2.05, 4.69) is 17.1 Å². The number of carbonyl (C=O) groups excluding carboxylic acids is 1. The molecule has 2 fully saturated rings. The fourth-order valence-electron chi connectivity index (χ4n) is 3.26. The summed E-state index contributed by atoms with van der Waals surface area (Å²) in [7, 11) is 0. The van der Waals surface area contributed by atoms with Crippen molar-refractivity contribution in [2.75, 3.05) is 32.8 Å². The van der Waals surface area contributed by atoms with Gasteiger partial charge in [0.25, 0.3) is 0 Å². The first-order valence-electron chi connectivity index (χ1n) is 8.33. The molecule has 1 unspecified atom stereocenters. The SMILES string of the molecule is CC(CCN1CCOCC1)NC(=O)CC1CCCCC1. The molecule has 1 saturated carbocycles. The number of amides is 1. The number of nitrogens with one attached hydrogen (secondary N) is 1. The average Bonchev–Trinajstić information content (AvgIpc) is 2.47. The highest BCUT2D eigenvalue weighted by molar-refractivity contribution is 5.76. The molecule has 0 aromatic heterocycles. The third kappa shape index (κ3) is 5.80. The van der Waals surface area contributed by atoms with Gasteiger partial charge in [-0.25, -0.2) is 0 Å². The molecule has 1 saturated heterocycles. The lowest BCUT2D eigenvalue weighted by atomic mass is 9.87. The Labute approximate surface area is 123 Å². The van der Waals surface area contributed by atoms with E-state index in [-0.39, 0.29) is 11.9 Å². The second-order valence-corrected chi connectivity index (χ2v) is 6.42. The molecule has 0 aromatic carbocycles. The van der Waals surface area contributed by atoms with Crippen molar-refractivity contribution >= 4 is 5.91 Å². The third-order valence-electron chi connectivity index (χ3n) is 4.59. The minimum Gasteiger partial charge on any atom is -0.379 e. The van der Waals surface area contributed by atoms with Gasteiger partial charge in [-0.1, -0.05) is 19.3 Å². The molecule has 4 heteroatoms. The van der Waals surface area contributed by atoms with Crippen LogP contribution in [0.15, 0.2) is 0 Å². The van der Waals surface area contributed by atoms with Gasteiger partial charge in [-0.3, -0.25) is 9.69 Å². The average molecular weight is 282 g/mol. The Morgan fingerprint density at radius 3 is 2.65 bits per heavy atom. The van der Waals surface area contributed by atoms with Crippen LogP contribution in [0, 0.1) is 5.92 Å². The van der Waals surface area contributed by atoms with E-state index in [1.807, 2.05) is 0 Å². The second-order valence-electron chi connectivity index (χ2n) is 6.42. The van der Waals surface area contributed by atoms with E-state index in [9.17, 15) is 4.79 Å². The van der Waals surface area contributed by atoms with Gasteiger partial charge in [0.15, 0.2) is 0 Å². The Kier molecular flexibility index (Phi) is 6.80. The molecule has 4 nitrogen and oxygen atoms in total. The predicted molar refractivity (Wildman–Crippen MR) is 80.7 cm³/mol.